The first kappa shape index (κ1) is 13.8. The maximum absolute atomic E-state index is 11.1. The van der Waals surface area contributed by atoms with Gasteiger partial charge in [0.15, 0.2) is 0 Å². The first-order valence-electron chi connectivity index (χ1n) is 5.10. The van der Waals surface area contributed by atoms with Crippen molar-refractivity contribution >= 4 is 19.0 Å². The van der Waals surface area contributed by atoms with Crippen LogP contribution in [-0.2, 0) is 4.79 Å². The van der Waals surface area contributed by atoms with Crippen LogP contribution in [-0.4, -0.2) is 57.1 Å². The van der Waals surface area contributed by atoms with Crippen molar-refractivity contribution in [2.75, 3.05) is 33.2 Å². The van der Waals surface area contributed by atoms with Crippen molar-refractivity contribution in [3.05, 3.63) is 0 Å². The predicted octanol–water partition coefficient (Wildman–Crippen LogP) is 0.173. The van der Waals surface area contributed by atoms with Gasteiger partial charge in [0.05, 0.1) is 0 Å². The van der Waals surface area contributed by atoms with Gasteiger partial charge in [0.1, 0.15) is 12.9 Å². The molecule has 0 fully saturated rings. The van der Waals surface area contributed by atoms with Gasteiger partial charge in [-0.3, -0.25) is 14.8 Å². The molecule has 0 saturated carbocycles. The smallest absolute Gasteiger partial charge is 0.241 e. The van der Waals surface area contributed by atoms with Gasteiger partial charge in [-0.25, -0.2) is 0 Å². The molecule has 5 heteroatoms. The molecule has 86 valence electrons. The van der Waals surface area contributed by atoms with Gasteiger partial charge in [-0.15, -0.1) is 0 Å². The van der Waals surface area contributed by atoms with Crippen LogP contribution in [0.4, 0.5) is 0 Å². The fraction of sp³-hybridized carbons (Fsp3) is 0.700. The van der Waals surface area contributed by atoms with Crippen LogP contribution in [0.15, 0.2) is 9.98 Å². The van der Waals surface area contributed by atoms with Crippen molar-refractivity contribution in [1.82, 2.24) is 10.2 Å². The summed E-state index contributed by atoms with van der Waals surface area (Å²) in [4.78, 5) is 20.5. The highest BCUT2D eigenvalue weighted by molar-refractivity contribution is 5.79. The summed E-state index contributed by atoms with van der Waals surface area (Å²) in [5.74, 6) is -0.0750. The highest BCUT2D eigenvalue weighted by Crippen LogP contribution is 1.84. The summed E-state index contributed by atoms with van der Waals surface area (Å²) in [5.41, 5.74) is 0. The molecule has 0 radical (unpaired) electrons. The van der Waals surface area contributed by atoms with E-state index < -0.39 is 0 Å². The van der Waals surface area contributed by atoms with E-state index in [-0.39, 0.29) is 12.5 Å². The summed E-state index contributed by atoms with van der Waals surface area (Å²) in [6.45, 7) is 8.18. The Morgan fingerprint density at radius 3 is 2.93 bits per heavy atom. The van der Waals surface area contributed by atoms with Gasteiger partial charge in [-0.2, -0.15) is 0 Å². The third-order valence-electron chi connectivity index (χ3n) is 1.98. The number of rotatable bonds is 8. The molecule has 0 bridgehead atoms. The number of nitrogens with zero attached hydrogens (tertiary/aromatic N) is 3. The van der Waals surface area contributed by atoms with Crippen LogP contribution in [0.1, 0.15) is 13.3 Å². The number of carbonyl (C=O) groups is 1. The molecule has 0 aromatic carbocycles. The molecular formula is C10H20N4O. The second kappa shape index (κ2) is 9.33. The minimum Gasteiger partial charge on any atom is -0.354 e. The van der Waals surface area contributed by atoms with E-state index in [1.807, 2.05) is 0 Å². The maximum Gasteiger partial charge on any atom is 0.241 e. The van der Waals surface area contributed by atoms with Gasteiger partial charge in [-0.05, 0) is 33.3 Å². The van der Waals surface area contributed by atoms with E-state index in [4.69, 9.17) is 0 Å². The molecule has 1 N–H and O–H groups in total. The number of aliphatic imine (C=N–C) groups is 2. The summed E-state index contributed by atoms with van der Waals surface area (Å²) in [6, 6.07) is 0. The van der Waals surface area contributed by atoms with Crippen molar-refractivity contribution in [3.63, 3.8) is 0 Å². The highest BCUT2D eigenvalue weighted by atomic mass is 16.1. The lowest BCUT2D eigenvalue weighted by molar-refractivity contribution is -0.119. The molecule has 0 aliphatic heterocycles. The zero-order chi connectivity index (χ0) is 11.5. The normalized spacial score (nSPS) is 10.9. The van der Waals surface area contributed by atoms with Crippen LogP contribution in [0.3, 0.4) is 0 Å². The molecule has 0 aliphatic carbocycles. The predicted molar refractivity (Wildman–Crippen MR) is 63.7 cm³/mol. The number of hydrogen-bond donors (Lipinski definition) is 1. The molecule has 15 heavy (non-hydrogen) atoms. The average molecular weight is 212 g/mol. The average Bonchev–Trinajstić information content (AvgIpc) is 2.24. The van der Waals surface area contributed by atoms with E-state index in [2.05, 4.69) is 40.9 Å². The molecular weight excluding hydrogens is 192 g/mol. The third kappa shape index (κ3) is 9.08. The van der Waals surface area contributed by atoms with E-state index in [9.17, 15) is 4.79 Å². The van der Waals surface area contributed by atoms with Crippen LogP contribution in [0.5, 0.6) is 0 Å². The van der Waals surface area contributed by atoms with E-state index in [0.29, 0.717) is 6.54 Å². The fourth-order valence-corrected chi connectivity index (χ4v) is 0.972. The Kier molecular flexibility index (Phi) is 8.56. The zero-order valence-corrected chi connectivity index (χ0v) is 9.57. The standard InChI is InChI=1S/C10H20N4O/c1-4-14(3)7-5-6-13-10(15)8-12-9-11-2/h9H,2,4-8H2,1,3H3,(H,13,15). The van der Waals surface area contributed by atoms with Crippen LogP contribution in [0.2, 0.25) is 0 Å². The van der Waals surface area contributed by atoms with Crippen molar-refractivity contribution in [2.24, 2.45) is 9.98 Å². The summed E-state index contributed by atoms with van der Waals surface area (Å²) in [5, 5.41) is 2.78. The Morgan fingerprint density at radius 2 is 2.33 bits per heavy atom. The minimum atomic E-state index is -0.0750. The first-order valence-corrected chi connectivity index (χ1v) is 5.10. The topological polar surface area (TPSA) is 57.1 Å². The third-order valence-corrected chi connectivity index (χ3v) is 1.98. The molecule has 0 aromatic rings. The molecule has 0 unspecified atom stereocenters. The van der Waals surface area contributed by atoms with E-state index >= 15 is 0 Å². The Hall–Kier alpha value is -1.23. The molecule has 0 aromatic heterocycles. The van der Waals surface area contributed by atoms with Gasteiger partial charge in [0.2, 0.25) is 5.91 Å². The fourth-order valence-electron chi connectivity index (χ4n) is 0.972. The van der Waals surface area contributed by atoms with Crippen molar-refractivity contribution < 1.29 is 4.79 Å². The Morgan fingerprint density at radius 1 is 1.60 bits per heavy atom. The van der Waals surface area contributed by atoms with Crippen molar-refractivity contribution in [3.8, 4) is 0 Å². The number of carbonyl (C=O) groups excluding carboxylic acids is 1. The molecule has 0 atom stereocenters. The molecule has 1 amide bonds. The van der Waals surface area contributed by atoms with Gasteiger partial charge >= 0.3 is 0 Å². The van der Waals surface area contributed by atoms with Crippen LogP contribution >= 0.6 is 0 Å². The molecule has 0 spiro atoms. The van der Waals surface area contributed by atoms with Gasteiger partial charge in [-0.1, -0.05) is 6.92 Å². The number of hydrogen-bond acceptors (Lipinski definition) is 3. The number of nitrogens with one attached hydrogen (secondary N) is 1. The molecule has 0 saturated heterocycles. The second-order valence-electron chi connectivity index (χ2n) is 3.24. The van der Waals surface area contributed by atoms with Crippen molar-refractivity contribution in [1.29, 1.82) is 0 Å². The molecule has 0 aliphatic rings. The highest BCUT2D eigenvalue weighted by Gasteiger charge is 1.98. The lowest BCUT2D eigenvalue weighted by atomic mass is 10.4. The van der Waals surface area contributed by atoms with E-state index in [0.717, 1.165) is 19.5 Å². The quantitative estimate of drug-likeness (QED) is 0.354. The minimum absolute atomic E-state index is 0.0750. The van der Waals surface area contributed by atoms with E-state index in [1.165, 1.54) is 6.34 Å². The summed E-state index contributed by atoms with van der Waals surface area (Å²) < 4.78 is 0. The zero-order valence-electron chi connectivity index (χ0n) is 9.57. The van der Waals surface area contributed by atoms with Crippen LogP contribution in [0.25, 0.3) is 0 Å². The summed E-state index contributed by atoms with van der Waals surface area (Å²) in [6.07, 6.45) is 2.24. The first-order chi connectivity index (χ1) is 7.20. The Labute approximate surface area is 91.3 Å². The van der Waals surface area contributed by atoms with E-state index in [1.54, 1.807) is 0 Å². The van der Waals surface area contributed by atoms with Crippen molar-refractivity contribution in [2.45, 2.75) is 13.3 Å². The SMILES string of the molecule is C=NC=NCC(=O)NCCCN(C)CC. The lowest BCUT2D eigenvalue weighted by Crippen LogP contribution is -2.29. The largest absolute Gasteiger partial charge is 0.354 e. The molecule has 0 rings (SSSR count). The molecule has 5 nitrogen and oxygen atoms in total. The maximum atomic E-state index is 11.1. The second-order valence-corrected chi connectivity index (χ2v) is 3.24. The van der Waals surface area contributed by atoms with Gasteiger partial charge in [0.25, 0.3) is 0 Å². The molecule has 0 heterocycles. The van der Waals surface area contributed by atoms with Crippen LogP contribution in [0, 0.1) is 0 Å². The van der Waals surface area contributed by atoms with Gasteiger partial charge < -0.3 is 10.2 Å². The Bertz CT molecular complexity index is 215. The monoisotopic (exact) mass is 212 g/mol. The van der Waals surface area contributed by atoms with Crippen LogP contribution < -0.4 is 5.32 Å². The lowest BCUT2D eigenvalue weighted by Gasteiger charge is -2.13. The Balaban J connectivity index is 3.39. The summed E-state index contributed by atoms with van der Waals surface area (Å²) in [7, 11) is 2.06. The summed E-state index contributed by atoms with van der Waals surface area (Å²) >= 11 is 0. The van der Waals surface area contributed by atoms with Gasteiger partial charge in [0, 0.05) is 6.54 Å². The number of amides is 1.